The fourth-order valence-electron chi connectivity index (χ4n) is 4.07. The van der Waals surface area contributed by atoms with Gasteiger partial charge >= 0.3 is 6.18 Å². The predicted octanol–water partition coefficient (Wildman–Crippen LogP) is 6.17. The summed E-state index contributed by atoms with van der Waals surface area (Å²) in [6.45, 7) is 8.63. The topological polar surface area (TPSA) is 37.3 Å². The number of benzene rings is 1. The number of halogens is 3. The maximum Gasteiger partial charge on any atom is 0.414 e. The molecule has 1 aromatic rings. The monoisotopic (exact) mass is 398 g/mol. The van der Waals surface area contributed by atoms with Crippen LogP contribution >= 0.6 is 0 Å². The van der Waals surface area contributed by atoms with Crippen molar-refractivity contribution < 1.29 is 23.1 Å². The lowest BCUT2D eigenvalue weighted by Crippen LogP contribution is -2.38. The number of carbonyl (C=O) groups excluding carboxylic acids is 1. The van der Waals surface area contributed by atoms with Crippen molar-refractivity contribution in [3.63, 3.8) is 0 Å². The quantitative estimate of drug-likeness (QED) is 0.622. The molecule has 2 unspecified atom stereocenters. The third kappa shape index (κ3) is 6.07. The van der Waals surface area contributed by atoms with Crippen LogP contribution in [0.3, 0.4) is 0 Å². The SMILES string of the molecule is CC(CCC(=O)C1CCC(C(O)C(F)(F)F)CC1)c1ccc(C(C)(C)C)cc1. The number of hydrogen-bond donors (Lipinski definition) is 1. The fraction of sp³-hybridized carbons (Fsp3) is 0.696. The predicted molar refractivity (Wildman–Crippen MR) is 105 cm³/mol. The van der Waals surface area contributed by atoms with E-state index in [1.54, 1.807) is 0 Å². The van der Waals surface area contributed by atoms with Crippen molar-refractivity contribution in [1.29, 1.82) is 0 Å². The van der Waals surface area contributed by atoms with E-state index in [4.69, 9.17) is 0 Å². The summed E-state index contributed by atoms with van der Waals surface area (Å²) in [5.41, 5.74) is 2.59. The van der Waals surface area contributed by atoms with Gasteiger partial charge < -0.3 is 5.11 Å². The molecule has 1 aliphatic rings. The van der Waals surface area contributed by atoms with E-state index in [1.807, 2.05) is 0 Å². The Labute approximate surface area is 166 Å². The number of aliphatic hydroxyl groups is 1. The normalized spacial score (nSPS) is 23.3. The first kappa shape index (κ1) is 22.9. The summed E-state index contributed by atoms with van der Waals surface area (Å²) in [6, 6.07) is 8.53. The molecule has 1 aromatic carbocycles. The molecule has 0 aromatic heterocycles. The van der Waals surface area contributed by atoms with Crippen LogP contribution in [0.2, 0.25) is 0 Å². The van der Waals surface area contributed by atoms with Crippen LogP contribution in [0.25, 0.3) is 0 Å². The van der Waals surface area contributed by atoms with Gasteiger partial charge in [0.25, 0.3) is 0 Å². The molecular formula is C23H33F3O2. The van der Waals surface area contributed by atoms with Crippen molar-refractivity contribution in [3.05, 3.63) is 35.4 Å². The van der Waals surface area contributed by atoms with Crippen molar-refractivity contribution >= 4 is 5.78 Å². The van der Waals surface area contributed by atoms with Gasteiger partial charge in [-0.1, -0.05) is 52.0 Å². The Morgan fingerprint density at radius 3 is 2.07 bits per heavy atom. The first-order valence-electron chi connectivity index (χ1n) is 10.3. The Morgan fingerprint density at radius 1 is 1.07 bits per heavy atom. The maximum atomic E-state index is 12.6. The van der Waals surface area contributed by atoms with Gasteiger partial charge in [0.15, 0.2) is 6.10 Å². The van der Waals surface area contributed by atoms with Crippen LogP contribution in [0.1, 0.15) is 83.3 Å². The lowest BCUT2D eigenvalue weighted by atomic mass is 9.76. The van der Waals surface area contributed by atoms with Gasteiger partial charge in [0.2, 0.25) is 0 Å². The lowest BCUT2D eigenvalue weighted by molar-refractivity contribution is -0.222. The molecule has 158 valence electrons. The second kappa shape index (κ2) is 8.98. The standard InChI is InChI=1S/C23H33F3O2/c1-15(16-10-12-19(13-11-16)22(2,3)4)5-14-20(27)17-6-8-18(9-7-17)21(28)23(24,25)26/h10-13,15,17-18,21,28H,5-9,14H2,1-4H3. The van der Waals surface area contributed by atoms with Gasteiger partial charge in [-0.2, -0.15) is 13.2 Å². The molecule has 2 rings (SSSR count). The molecule has 1 saturated carbocycles. The minimum absolute atomic E-state index is 0.107. The number of rotatable bonds is 6. The molecular weight excluding hydrogens is 365 g/mol. The average Bonchev–Trinajstić information content (AvgIpc) is 2.64. The Balaban J connectivity index is 1.81. The van der Waals surface area contributed by atoms with E-state index in [9.17, 15) is 23.1 Å². The summed E-state index contributed by atoms with van der Waals surface area (Å²) in [6.07, 6.45) is -4.20. The highest BCUT2D eigenvalue weighted by Crippen LogP contribution is 2.37. The number of alkyl halides is 3. The van der Waals surface area contributed by atoms with Gasteiger partial charge in [0.05, 0.1) is 0 Å². The van der Waals surface area contributed by atoms with Crippen molar-refractivity contribution in [3.8, 4) is 0 Å². The van der Waals surface area contributed by atoms with E-state index in [0.717, 1.165) is 6.42 Å². The third-order valence-corrected chi connectivity index (χ3v) is 6.18. The average molecular weight is 399 g/mol. The fourth-order valence-corrected chi connectivity index (χ4v) is 4.07. The second-order valence-electron chi connectivity index (χ2n) is 9.38. The Hall–Kier alpha value is -1.36. The number of Topliss-reactive ketones (excluding diaryl/α,β-unsaturated/α-hetero) is 1. The molecule has 5 heteroatoms. The zero-order valence-electron chi connectivity index (χ0n) is 17.4. The van der Waals surface area contributed by atoms with Gasteiger partial charge in [-0.25, -0.2) is 0 Å². The summed E-state index contributed by atoms with van der Waals surface area (Å²) in [5.74, 6) is -0.518. The Morgan fingerprint density at radius 2 is 1.61 bits per heavy atom. The summed E-state index contributed by atoms with van der Waals surface area (Å²) < 4.78 is 37.9. The Bertz CT molecular complexity index is 635. The first-order valence-corrected chi connectivity index (χ1v) is 10.3. The summed E-state index contributed by atoms with van der Waals surface area (Å²) in [5, 5.41) is 9.40. The summed E-state index contributed by atoms with van der Waals surface area (Å²) in [7, 11) is 0. The minimum Gasteiger partial charge on any atom is -0.383 e. The smallest absolute Gasteiger partial charge is 0.383 e. The number of aliphatic hydroxyl groups excluding tert-OH is 1. The molecule has 1 N–H and O–H groups in total. The van der Waals surface area contributed by atoms with E-state index in [0.29, 0.717) is 19.3 Å². The van der Waals surface area contributed by atoms with E-state index < -0.39 is 18.2 Å². The Kier molecular flexibility index (Phi) is 7.35. The molecule has 0 saturated heterocycles. The van der Waals surface area contributed by atoms with Gasteiger partial charge in [-0.05, 0) is 60.5 Å². The molecule has 0 bridgehead atoms. The minimum atomic E-state index is -4.57. The van der Waals surface area contributed by atoms with Gasteiger partial charge in [-0.15, -0.1) is 0 Å². The molecule has 1 aliphatic carbocycles. The molecule has 2 nitrogen and oxygen atoms in total. The highest BCUT2D eigenvalue weighted by Gasteiger charge is 2.44. The van der Waals surface area contributed by atoms with E-state index >= 15 is 0 Å². The van der Waals surface area contributed by atoms with Crippen molar-refractivity contribution in [2.24, 2.45) is 11.8 Å². The van der Waals surface area contributed by atoms with Crippen LogP contribution in [0.4, 0.5) is 13.2 Å². The molecule has 0 radical (unpaired) electrons. The van der Waals surface area contributed by atoms with Gasteiger partial charge in [-0.3, -0.25) is 4.79 Å². The van der Waals surface area contributed by atoms with Crippen molar-refractivity contribution in [2.75, 3.05) is 0 Å². The second-order valence-corrected chi connectivity index (χ2v) is 9.38. The van der Waals surface area contributed by atoms with Crippen LogP contribution in [-0.2, 0) is 10.2 Å². The van der Waals surface area contributed by atoms with E-state index in [2.05, 4.69) is 52.0 Å². The number of hydrogen-bond acceptors (Lipinski definition) is 2. The third-order valence-electron chi connectivity index (χ3n) is 6.18. The molecule has 28 heavy (non-hydrogen) atoms. The zero-order chi connectivity index (χ0) is 21.1. The zero-order valence-corrected chi connectivity index (χ0v) is 17.4. The molecule has 2 atom stereocenters. The van der Waals surface area contributed by atoms with Crippen LogP contribution < -0.4 is 0 Å². The molecule has 0 aliphatic heterocycles. The first-order chi connectivity index (χ1) is 12.9. The lowest BCUT2D eigenvalue weighted by Gasteiger charge is -2.31. The van der Waals surface area contributed by atoms with E-state index in [1.165, 1.54) is 11.1 Å². The van der Waals surface area contributed by atoms with E-state index in [-0.39, 0.29) is 35.9 Å². The highest BCUT2D eigenvalue weighted by molar-refractivity contribution is 5.81. The van der Waals surface area contributed by atoms with Gasteiger partial charge in [0, 0.05) is 12.3 Å². The molecule has 0 amide bonds. The van der Waals surface area contributed by atoms with Crippen molar-refractivity contribution in [2.45, 2.75) is 89.8 Å². The number of carbonyl (C=O) groups is 1. The highest BCUT2D eigenvalue weighted by atomic mass is 19.4. The maximum absolute atomic E-state index is 12.6. The van der Waals surface area contributed by atoms with Crippen LogP contribution in [0.15, 0.2) is 24.3 Å². The van der Waals surface area contributed by atoms with Crippen LogP contribution in [0.5, 0.6) is 0 Å². The molecule has 1 fully saturated rings. The number of ketones is 1. The molecule has 0 spiro atoms. The summed E-state index contributed by atoms with van der Waals surface area (Å²) >= 11 is 0. The summed E-state index contributed by atoms with van der Waals surface area (Å²) in [4.78, 5) is 12.5. The van der Waals surface area contributed by atoms with Crippen LogP contribution in [0, 0.1) is 11.8 Å². The van der Waals surface area contributed by atoms with Gasteiger partial charge in [0.1, 0.15) is 5.78 Å². The van der Waals surface area contributed by atoms with Crippen molar-refractivity contribution in [1.82, 2.24) is 0 Å². The largest absolute Gasteiger partial charge is 0.414 e. The molecule has 0 heterocycles. The van der Waals surface area contributed by atoms with Crippen LogP contribution in [-0.4, -0.2) is 23.2 Å².